The van der Waals surface area contributed by atoms with Crippen LogP contribution in [0.1, 0.15) is 30.6 Å². The molecule has 2 aromatic rings. The molecule has 0 saturated carbocycles. The first-order valence-electron chi connectivity index (χ1n) is 19.0. The fourth-order valence-corrected chi connectivity index (χ4v) is 7.17. The number of carbonyl (C=O) groups is 2. The molecular weight excluding hydrogens is 840 g/mol. The molecule has 0 radical (unpaired) electrons. The summed E-state index contributed by atoms with van der Waals surface area (Å²) < 4.78 is 54.9. The van der Waals surface area contributed by atoms with E-state index >= 15 is 0 Å². The minimum absolute atomic E-state index is 0.0288. The van der Waals surface area contributed by atoms with Crippen LogP contribution in [0.25, 0.3) is 6.08 Å². The molecule has 13 N–H and O–H groups in total. The van der Waals surface area contributed by atoms with Gasteiger partial charge in [-0.15, -0.1) is 0 Å². The number of fused-ring (bicyclic) bond motifs is 1. The Hall–Kier alpha value is -4.80. The molecule has 62 heavy (non-hydrogen) atoms. The van der Waals surface area contributed by atoms with Crippen molar-refractivity contribution in [3.63, 3.8) is 0 Å². The Balaban J connectivity index is 1.29. The lowest BCUT2D eigenvalue weighted by atomic mass is 9.97. The molecule has 24 heteroatoms. The maximum Gasteiger partial charge on any atom is 0.317 e. The third-order valence-corrected chi connectivity index (χ3v) is 10.5. The number of carboxylic acids is 1. The van der Waals surface area contributed by atoms with Crippen LogP contribution in [0.4, 0.5) is 0 Å². The molecule has 4 aliphatic rings. The molecule has 0 aliphatic carbocycles. The van der Waals surface area contributed by atoms with Gasteiger partial charge in [0.15, 0.2) is 29.7 Å². The van der Waals surface area contributed by atoms with Gasteiger partial charge in [-0.1, -0.05) is 0 Å². The van der Waals surface area contributed by atoms with Gasteiger partial charge in [0.1, 0.15) is 84.5 Å². The number of carboxylic acid groups (broad SMARTS) is 1. The van der Waals surface area contributed by atoms with Crippen LogP contribution >= 0.6 is 0 Å². The maximum atomic E-state index is 11.9. The van der Waals surface area contributed by atoms with Crippen LogP contribution in [-0.2, 0) is 38.0 Å². The second-order valence-electron chi connectivity index (χ2n) is 14.7. The van der Waals surface area contributed by atoms with Gasteiger partial charge in [-0.25, -0.2) is 0 Å². The van der Waals surface area contributed by atoms with Crippen molar-refractivity contribution in [2.24, 2.45) is 0 Å². The molecule has 0 amide bonds. The Morgan fingerprint density at radius 1 is 0.710 bits per heavy atom. The number of aliphatic carboxylic acids is 1. The third kappa shape index (κ3) is 9.57. The zero-order chi connectivity index (χ0) is 45.3. The Labute approximate surface area is 350 Å². The molecule has 1 unspecified atom stereocenters. The number of phenolic OH excluding ortho intramolecular Hbond substituents is 2. The van der Waals surface area contributed by atoms with E-state index in [9.17, 15) is 65.8 Å². The van der Waals surface area contributed by atoms with Gasteiger partial charge in [0.2, 0.25) is 18.3 Å². The summed E-state index contributed by atoms with van der Waals surface area (Å²) in [5, 5.41) is 126. The van der Waals surface area contributed by atoms with Crippen LogP contribution in [0.15, 0.2) is 30.0 Å². The van der Waals surface area contributed by atoms with E-state index < -0.39 is 136 Å². The Bertz CT molecular complexity index is 1920. The fourth-order valence-electron chi connectivity index (χ4n) is 7.17. The molecule has 344 valence electrons. The number of benzene rings is 2. The highest BCUT2D eigenvalue weighted by molar-refractivity contribution is 5.90. The molecule has 3 saturated heterocycles. The highest BCUT2D eigenvalue weighted by Gasteiger charge is 2.50. The molecule has 3 fully saturated rings. The highest BCUT2D eigenvalue weighted by Crippen LogP contribution is 2.49. The summed E-state index contributed by atoms with van der Waals surface area (Å²) in [7, 11) is 2.55. The summed E-state index contributed by atoms with van der Waals surface area (Å²) in [5.74, 6) is -3.99. The van der Waals surface area contributed by atoms with E-state index in [1.54, 1.807) is 0 Å². The summed E-state index contributed by atoms with van der Waals surface area (Å²) in [6.45, 7) is -0.108. The van der Waals surface area contributed by atoms with E-state index in [4.69, 9.17) is 52.5 Å². The maximum absolute atomic E-state index is 11.9. The predicted molar refractivity (Wildman–Crippen MR) is 198 cm³/mol. The van der Waals surface area contributed by atoms with Crippen molar-refractivity contribution in [3.05, 3.63) is 41.2 Å². The first-order chi connectivity index (χ1) is 29.4. The van der Waals surface area contributed by atoms with E-state index in [0.717, 1.165) is 6.07 Å². The van der Waals surface area contributed by atoms with Crippen molar-refractivity contribution < 1.29 is 118 Å². The molecule has 0 bridgehead atoms. The zero-order valence-corrected chi connectivity index (χ0v) is 33.1. The number of aliphatic hydroxyl groups excluding tert-OH is 9. The van der Waals surface area contributed by atoms with Crippen LogP contribution in [0.2, 0.25) is 0 Å². The largest absolute Gasteiger partial charge is 0.571 e. The van der Waals surface area contributed by atoms with Gasteiger partial charge in [0.05, 0.1) is 45.2 Å². The molecule has 2 aromatic carbocycles. The summed E-state index contributed by atoms with van der Waals surface area (Å²) in [6.07, 6.45) is -26.6. The number of methoxy groups -OCH3 is 2. The fraction of sp³-hybridized carbons (Fsp3) is 0.579. The summed E-state index contributed by atoms with van der Waals surface area (Å²) in [6, 6.07) is 5.07. The lowest BCUT2D eigenvalue weighted by molar-refractivity contribution is -0.325. The number of rotatable bonds is 14. The van der Waals surface area contributed by atoms with Gasteiger partial charge >= 0.3 is 11.9 Å². The van der Waals surface area contributed by atoms with Gasteiger partial charge in [0.25, 0.3) is 11.9 Å². The highest BCUT2D eigenvalue weighted by atomic mass is 16.7. The van der Waals surface area contributed by atoms with Crippen LogP contribution in [0.5, 0.6) is 34.5 Å². The van der Waals surface area contributed by atoms with Gasteiger partial charge in [-0.2, -0.15) is 0 Å². The summed E-state index contributed by atoms with van der Waals surface area (Å²) >= 11 is 0. The van der Waals surface area contributed by atoms with Crippen LogP contribution < -0.4 is 14.2 Å². The zero-order valence-electron chi connectivity index (χ0n) is 33.1. The summed E-state index contributed by atoms with van der Waals surface area (Å²) in [4.78, 5) is 22.8. The van der Waals surface area contributed by atoms with Crippen molar-refractivity contribution in [1.29, 1.82) is 0 Å². The van der Waals surface area contributed by atoms with E-state index in [2.05, 4.69) is 0 Å². The van der Waals surface area contributed by atoms with Gasteiger partial charge in [-0.05, 0) is 19.1 Å². The van der Waals surface area contributed by atoms with E-state index in [-0.39, 0.29) is 45.6 Å². The number of aromatic hydroxyl groups is 3. The lowest BCUT2D eigenvalue weighted by Gasteiger charge is -2.43. The van der Waals surface area contributed by atoms with Gasteiger partial charge < -0.3 is 109 Å². The molecule has 4 aliphatic heterocycles. The quantitative estimate of drug-likeness (QED) is 0.0494. The topological polar surface area (TPSA) is 373 Å². The summed E-state index contributed by atoms with van der Waals surface area (Å²) in [5.41, 5.74) is 0.263. The van der Waals surface area contributed by atoms with Crippen LogP contribution in [0.3, 0.4) is 0 Å². The second kappa shape index (κ2) is 19.3. The minimum atomic E-state index is -1.97. The lowest BCUT2D eigenvalue weighted by Crippen LogP contribution is -2.61. The van der Waals surface area contributed by atoms with Crippen molar-refractivity contribution in [3.8, 4) is 34.5 Å². The average Bonchev–Trinajstić information content (AvgIpc) is 3.23. The smallest absolute Gasteiger partial charge is 0.317 e. The monoisotopic (exact) mass is 889 g/mol. The van der Waals surface area contributed by atoms with E-state index in [1.165, 1.54) is 45.4 Å². The van der Waals surface area contributed by atoms with Crippen LogP contribution in [0, 0.1) is 0 Å². The van der Waals surface area contributed by atoms with E-state index in [0.29, 0.717) is 0 Å². The molecule has 0 spiro atoms. The van der Waals surface area contributed by atoms with Crippen molar-refractivity contribution in [2.75, 3.05) is 27.4 Å². The molecule has 6 rings (SSSR count). The van der Waals surface area contributed by atoms with Gasteiger partial charge in [0, 0.05) is 12.1 Å². The molecule has 0 aromatic heterocycles. The molecule has 4 heterocycles. The van der Waals surface area contributed by atoms with Crippen molar-refractivity contribution in [2.45, 2.75) is 112 Å². The Morgan fingerprint density at radius 2 is 1.29 bits per heavy atom. The number of aliphatic hydroxyl groups is 10. The first kappa shape index (κ1) is 46.7. The number of esters is 1. The third-order valence-electron chi connectivity index (χ3n) is 10.5. The Kier molecular flexibility index (Phi) is 14.5. The normalized spacial score (nSPS) is 35.7. The first-order valence-corrected chi connectivity index (χ1v) is 19.0. The molecule has 16 atom stereocenters. The number of ether oxygens (including phenoxy) is 10. The number of hydrogen-bond acceptors (Lipinski definition) is 22. The van der Waals surface area contributed by atoms with Crippen molar-refractivity contribution >= 4 is 18.0 Å². The second-order valence-corrected chi connectivity index (χ2v) is 14.7. The number of hydrogen-bond donors (Lipinski definition) is 12. The van der Waals surface area contributed by atoms with Crippen LogP contribution in [-0.4, -0.2) is 198 Å². The SMILES string of the molecule is COc1cc(C2[OH+]c3cc(O)cc(O[C@@H]4O[C@H](CO)[C@@H](O)[C@H](O)[C@H]4O)c3C=C2O[C@@H]2O[C@@H](CO[C@@H]3O[C@H](C)[C@H](OC(=O)CC(=O)O)[C@@H](O)[C@H]3O)[C@@H](O)[C@H](O)[C@H]2O)cc(OC)c1O. The average molecular weight is 890 g/mol. The Morgan fingerprint density at radius 3 is 1.89 bits per heavy atom. The number of phenols is 2. The van der Waals surface area contributed by atoms with Gasteiger partial charge in [-0.3, -0.25) is 9.59 Å². The van der Waals surface area contributed by atoms with Crippen molar-refractivity contribution in [1.82, 2.24) is 0 Å². The standard InChI is InChI=1S/C38H48O24/c1-12-34(62-24(43)9-23(41)42)30(49)33(52)36(56-12)55-11-22-27(46)29(48)32(51)38(61-22)59-20-8-15-16(57-35(20)13-4-18(53-2)25(44)19(5-13)54-3)6-14(40)7-17(15)58-37-31(50)28(47)26(45)21(10-39)60-37/h4-8,12,21-22,26-40,44-52H,9-11H2,1-3H3,(H,41,42)/p+1/t12-,21-,22+,26-,27-,28+,29+,30+,31-,32-,33-,34+,35?,36-,37-,38-/m1/s1. The minimum Gasteiger partial charge on any atom is -0.571 e. The molecular formula is C38H49O24+. The van der Waals surface area contributed by atoms with E-state index in [1.807, 2.05) is 0 Å². The number of carbonyl (C=O) groups excluding carboxylic acids is 1. The molecule has 24 nitrogen and oxygen atoms in total. The predicted octanol–water partition coefficient (Wildman–Crippen LogP) is -3.68.